The third-order valence-corrected chi connectivity index (χ3v) is 5.16. The van der Waals surface area contributed by atoms with Gasteiger partial charge in [0.05, 0.1) is 25.7 Å². The summed E-state index contributed by atoms with van der Waals surface area (Å²) in [7, 11) is -0.651. The van der Waals surface area contributed by atoms with Gasteiger partial charge >= 0.3 is 5.97 Å². The summed E-state index contributed by atoms with van der Waals surface area (Å²) in [5.74, 6) is -0.350. The van der Waals surface area contributed by atoms with Crippen molar-refractivity contribution in [2.75, 3.05) is 26.1 Å². The lowest BCUT2D eigenvalue weighted by Crippen LogP contribution is -2.13. The highest BCUT2D eigenvalue weighted by atomic mass is 32.2. The summed E-state index contributed by atoms with van der Waals surface area (Å²) in [6.07, 6.45) is 3.29. The Morgan fingerprint density at radius 1 is 1.23 bits per heavy atom. The lowest BCUT2D eigenvalue weighted by atomic mass is 10.1. The van der Waals surface area contributed by atoms with Gasteiger partial charge in [0.1, 0.15) is 18.1 Å². The molecule has 0 spiro atoms. The Labute approximate surface area is 178 Å². The first-order valence-corrected chi connectivity index (χ1v) is 10.8. The Kier molecular flexibility index (Phi) is 9.39. The van der Waals surface area contributed by atoms with Crippen molar-refractivity contribution >= 4 is 21.5 Å². The van der Waals surface area contributed by atoms with E-state index in [1.807, 2.05) is 19.9 Å². The number of sulfone groups is 1. The molecule has 7 nitrogen and oxygen atoms in total. The second-order valence-corrected chi connectivity index (χ2v) is 8.76. The summed E-state index contributed by atoms with van der Waals surface area (Å²) in [6.45, 7) is 9.18. The quantitative estimate of drug-likeness (QED) is 0.399. The van der Waals surface area contributed by atoms with E-state index in [2.05, 4.69) is 11.9 Å². The van der Waals surface area contributed by atoms with Gasteiger partial charge in [-0.2, -0.15) is 0 Å². The zero-order valence-electron chi connectivity index (χ0n) is 18.0. The minimum Gasteiger partial charge on any atom is -0.496 e. The Morgan fingerprint density at radius 3 is 2.40 bits per heavy atom. The molecule has 0 aliphatic heterocycles. The number of nitrogens with one attached hydrogen (secondary N) is 1. The molecule has 0 fully saturated rings. The van der Waals surface area contributed by atoms with Crippen LogP contribution >= 0.6 is 0 Å². The first-order valence-electron chi connectivity index (χ1n) is 9.11. The van der Waals surface area contributed by atoms with Crippen LogP contribution in [0.4, 0.5) is 5.69 Å². The number of anilines is 1. The zero-order valence-corrected chi connectivity index (χ0v) is 18.8. The SMILES string of the molecule is C=C(C)C(/C=C/S(=O)(=O)Cc1ccc(OC)c(NCC(=O)O)c1)=C(\C=C(C)C)OC. The third-order valence-electron chi connectivity index (χ3n) is 3.87. The largest absolute Gasteiger partial charge is 0.496 e. The maximum absolute atomic E-state index is 12.7. The van der Waals surface area contributed by atoms with E-state index in [0.29, 0.717) is 33.9 Å². The van der Waals surface area contributed by atoms with Crippen LogP contribution in [0.5, 0.6) is 5.75 Å². The Hall–Kier alpha value is -3.00. The Morgan fingerprint density at radius 2 is 1.90 bits per heavy atom. The molecule has 0 aliphatic carbocycles. The average Bonchev–Trinajstić information content (AvgIpc) is 2.64. The van der Waals surface area contributed by atoms with Gasteiger partial charge in [-0.25, -0.2) is 8.42 Å². The molecule has 30 heavy (non-hydrogen) atoms. The highest BCUT2D eigenvalue weighted by Crippen LogP contribution is 2.27. The Balaban J connectivity index is 3.20. The summed E-state index contributed by atoms with van der Waals surface area (Å²) >= 11 is 0. The first-order chi connectivity index (χ1) is 14.0. The fourth-order valence-corrected chi connectivity index (χ4v) is 3.63. The van der Waals surface area contributed by atoms with Crippen molar-refractivity contribution in [3.63, 3.8) is 0 Å². The van der Waals surface area contributed by atoms with E-state index in [1.54, 1.807) is 25.1 Å². The van der Waals surface area contributed by atoms with Crippen LogP contribution < -0.4 is 10.1 Å². The van der Waals surface area contributed by atoms with E-state index in [0.717, 1.165) is 11.0 Å². The van der Waals surface area contributed by atoms with Gasteiger partial charge in [-0.15, -0.1) is 0 Å². The topological polar surface area (TPSA) is 102 Å². The number of aliphatic carboxylic acids is 1. The molecule has 0 saturated heterocycles. The van der Waals surface area contributed by atoms with E-state index in [9.17, 15) is 13.2 Å². The monoisotopic (exact) mass is 435 g/mol. The summed E-state index contributed by atoms with van der Waals surface area (Å²) in [4.78, 5) is 10.8. The molecule has 0 aliphatic rings. The molecule has 164 valence electrons. The Bertz CT molecular complexity index is 983. The molecule has 1 aromatic carbocycles. The van der Waals surface area contributed by atoms with Gasteiger partial charge in [0.15, 0.2) is 9.84 Å². The zero-order chi connectivity index (χ0) is 22.9. The molecule has 0 unspecified atom stereocenters. The van der Waals surface area contributed by atoms with Crippen molar-refractivity contribution in [2.24, 2.45) is 0 Å². The van der Waals surface area contributed by atoms with E-state index in [4.69, 9.17) is 14.6 Å². The van der Waals surface area contributed by atoms with Gasteiger partial charge in [-0.05, 0) is 56.2 Å². The van der Waals surface area contributed by atoms with Crippen LogP contribution in [-0.4, -0.2) is 40.3 Å². The van der Waals surface area contributed by atoms with Crippen LogP contribution in [0.1, 0.15) is 26.3 Å². The minimum atomic E-state index is -3.62. The van der Waals surface area contributed by atoms with E-state index >= 15 is 0 Å². The second kappa shape index (κ2) is 11.3. The normalized spacial score (nSPS) is 12.2. The third kappa shape index (κ3) is 8.16. The molecule has 2 N–H and O–H groups in total. The van der Waals surface area contributed by atoms with Crippen molar-refractivity contribution in [3.8, 4) is 5.75 Å². The number of benzene rings is 1. The number of carboxylic acids is 1. The first kappa shape index (κ1) is 25.0. The van der Waals surface area contributed by atoms with Crippen LogP contribution in [0, 0.1) is 0 Å². The summed E-state index contributed by atoms with van der Waals surface area (Å²) in [5.41, 5.74) is 3.15. The molecule has 0 atom stereocenters. The highest BCUT2D eigenvalue weighted by molar-refractivity contribution is 7.93. The van der Waals surface area contributed by atoms with Gasteiger partial charge < -0.3 is 19.9 Å². The second-order valence-electron chi connectivity index (χ2n) is 6.88. The van der Waals surface area contributed by atoms with Crippen LogP contribution in [0.3, 0.4) is 0 Å². The molecule has 0 heterocycles. The summed E-state index contributed by atoms with van der Waals surface area (Å²) in [6, 6.07) is 4.78. The van der Waals surface area contributed by atoms with Crippen LogP contribution in [-0.2, 0) is 25.1 Å². The van der Waals surface area contributed by atoms with E-state index in [-0.39, 0.29) is 12.3 Å². The fraction of sp³-hybridized carbons (Fsp3) is 0.318. The average molecular weight is 436 g/mol. The van der Waals surface area contributed by atoms with E-state index < -0.39 is 15.8 Å². The standard InChI is InChI=1S/C22H29NO6S/c1-15(2)11-21(29-6)18(16(3)4)9-10-30(26,27)14-17-7-8-20(28-5)19(12-17)23-13-22(24)25/h7-12,23H,3,13-14H2,1-2,4-6H3,(H,24,25)/b10-9+,21-18+. The maximum Gasteiger partial charge on any atom is 0.322 e. The fourth-order valence-electron chi connectivity index (χ4n) is 2.55. The number of allylic oxidation sites excluding steroid dienone is 5. The number of methoxy groups -OCH3 is 2. The van der Waals surface area contributed by atoms with Gasteiger partial charge in [-0.3, -0.25) is 4.79 Å². The molecule has 0 bridgehead atoms. The number of ether oxygens (including phenoxy) is 2. The molecule has 1 aromatic rings. The van der Waals surface area contributed by atoms with Crippen molar-refractivity contribution < 1.29 is 27.8 Å². The van der Waals surface area contributed by atoms with E-state index in [1.165, 1.54) is 20.3 Å². The predicted molar refractivity (Wildman–Crippen MR) is 119 cm³/mol. The minimum absolute atomic E-state index is 0.260. The molecule has 0 saturated carbocycles. The molecule has 0 aromatic heterocycles. The maximum atomic E-state index is 12.7. The number of rotatable bonds is 11. The van der Waals surface area contributed by atoms with Crippen molar-refractivity contribution in [1.29, 1.82) is 0 Å². The van der Waals surface area contributed by atoms with Gasteiger partial charge in [0.2, 0.25) is 0 Å². The van der Waals surface area contributed by atoms with Crippen molar-refractivity contribution in [3.05, 3.63) is 70.4 Å². The molecular formula is C22H29NO6S. The lowest BCUT2D eigenvalue weighted by molar-refractivity contribution is -0.134. The highest BCUT2D eigenvalue weighted by Gasteiger charge is 2.13. The van der Waals surface area contributed by atoms with Crippen molar-refractivity contribution in [1.82, 2.24) is 0 Å². The molecular weight excluding hydrogens is 406 g/mol. The van der Waals surface area contributed by atoms with Crippen molar-refractivity contribution in [2.45, 2.75) is 26.5 Å². The molecule has 0 amide bonds. The number of carboxylic acid groups (broad SMARTS) is 1. The number of carbonyl (C=O) groups is 1. The van der Waals surface area contributed by atoms with Gasteiger partial charge in [0.25, 0.3) is 0 Å². The van der Waals surface area contributed by atoms with Crippen LogP contribution in [0.15, 0.2) is 64.8 Å². The van der Waals surface area contributed by atoms with Gasteiger partial charge in [-0.1, -0.05) is 18.2 Å². The molecule has 1 rings (SSSR count). The number of hydrogen-bond acceptors (Lipinski definition) is 6. The van der Waals surface area contributed by atoms with Gasteiger partial charge in [0, 0.05) is 11.0 Å². The predicted octanol–water partition coefficient (Wildman–Crippen LogP) is 4.06. The number of hydrogen-bond donors (Lipinski definition) is 2. The smallest absolute Gasteiger partial charge is 0.322 e. The molecule has 8 heteroatoms. The summed E-state index contributed by atoms with van der Waals surface area (Å²) in [5, 5.41) is 12.7. The molecule has 0 radical (unpaired) electrons. The van der Waals surface area contributed by atoms with Crippen LogP contribution in [0.25, 0.3) is 0 Å². The summed E-state index contributed by atoms with van der Waals surface area (Å²) < 4.78 is 35.9. The van der Waals surface area contributed by atoms with Crippen LogP contribution in [0.2, 0.25) is 0 Å². The lowest BCUT2D eigenvalue weighted by Gasteiger charge is -2.12.